The van der Waals surface area contributed by atoms with Gasteiger partial charge in [0.25, 0.3) is 5.91 Å². The van der Waals surface area contributed by atoms with Crippen LogP contribution in [0.25, 0.3) is 21.9 Å². The van der Waals surface area contributed by atoms with Crippen LogP contribution in [0.5, 0.6) is 0 Å². The Morgan fingerprint density at radius 1 is 1.09 bits per heavy atom. The van der Waals surface area contributed by atoms with Gasteiger partial charge in [-0.15, -0.1) is 0 Å². The van der Waals surface area contributed by atoms with Gasteiger partial charge in [-0.05, 0) is 58.0 Å². The summed E-state index contributed by atoms with van der Waals surface area (Å²) in [6, 6.07) is 18.4. The minimum atomic E-state index is -0.0311. The van der Waals surface area contributed by atoms with Crippen molar-refractivity contribution in [1.82, 2.24) is 24.8 Å². The summed E-state index contributed by atoms with van der Waals surface area (Å²) < 4.78 is 2.31. The molecule has 1 atom stereocenters. The lowest BCUT2D eigenvalue weighted by Crippen LogP contribution is -2.30. The molecule has 1 N–H and O–H groups in total. The number of aromatic nitrogens is 3. The zero-order valence-corrected chi connectivity index (χ0v) is 19.6. The topological polar surface area (TPSA) is 63.1 Å². The number of carbonyl (C=O) groups excluding carboxylic acids is 1. The highest BCUT2D eigenvalue weighted by atomic mass is 16.1. The van der Waals surface area contributed by atoms with Crippen molar-refractivity contribution in [3.63, 3.8) is 0 Å². The fraction of sp³-hybridized carbons (Fsp3) is 0.370. The van der Waals surface area contributed by atoms with Gasteiger partial charge < -0.3 is 9.88 Å². The molecule has 3 heterocycles. The van der Waals surface area contributed by atoms with E-state index < -0.39 is 0 Å². The number of fused-ring (bicyclic) bond motifs is 2. The molecule has 6 nitrogen and oxygen atoms in total. The summed E-state index contributed by atoms with van der Waals surface area (Å²) in [5.41, 5.74) is 4.87. The third kappa shape index (κ3) is 4.23. The summed E-state index contributed by atoms with van der Waals surface area (Å²) >= 11 is 0. The molecule has 0 bridgehead atoms. The van der Waals surface area contributed by atoms with E-state index in [9.17, 15) is 4.79 Å². The zero-order valence-electron chi connectivity index (χ0n) is 19.6. The highest BCUT2D eigenvalue weighted by Crippen LogP contribution is 2.30. The van der Waals surface area contributed by atoms with Crippen LogP contribution in [-0.4, -0.2) is 44.5 Å². The van der Waals surface area contributed by atoms with Crippen molar-refractivity contribution in [1.29, 1.82) is 0 Å². The maximum Gasteiger partial charge on any atom is 0.252 e. The summed E-state index contributed by atoms with van der Waals surface area (Å²) in [7, 11) is 0. The van der Waals surface area contributed by atoms with Gasteiger partial charge in [0.05, 0.1) is 28.7 Å². The van der Waals surface area contributed by atoms with Gasteiger partial charge in [0.2, 0.25) is 0 Å². The first-order chi connectivity index (χ1) is 16.0. The Morgan fingerprint density at radius 2 is 1.85 bits per heavy atom. The number of para-hydroxylation sites is 3. The molecule has 33 heavy (non-hydrogen) atoms. The Morgan fingerprint density at radius 3 is 2.64 bits per heavy atom. The minimum Gasteiger partial charge on any atom is -0.350 e. The van der Waals surface area contributed by atoms with Crippen LogP contribution in [0.15, 0.2) is 54.6 Å². The summed E-state index contributed by atoms with van der Waals surface area (Å²) in [5.74, 6) is 1.39. The number of imidazole rings is 1. The number of amides is 1. The zero-order chi connectivity index (χ0) is 22.9. The van der Waals surface area contributed by atoms with Gasteiger partial charge in [-0.2, -0.15) is 0 Å². The van der Waals surface area contributed by atoms with Gasteiger partial charge in [0, 0.05) is 36.1 Å². The molecule has 0 unspecified atom stereocenters. The van der Waals surface area contributed by atoms with E-state index in [2.05, 4.69) is 39.9 Å². The predicted octanol–water partition coefficient (Wildman–Crippen LogP) is 4.73. The first kappa shape index (κ1) is 21.6. The number of likely N-dealkylation sites (tertiary alicyclic amines) is 1. The first-order valence-electron chi connectivity index (χ1n) is 11.9. The number of nitrogens with one attached hydrogen (secondary N) is 1. The van der Waals surface area contributed by atoms with Crippen molar-refractivity contribution in [3.05, 3.63) is 71.7 Å². The third-order valence-corrected chi connectivity index (χ3v) is 6.51. The van der Waals surface area contributed by atoms with Gasteiger partial charge in [-0.1, -0.05) is 30.3 Å². The minimum absolute atomic E-state index is 0.0311. The van der Waals surface area contributed by atoms with Crippen molar-refractivity contribution >= 4 is 27.8 Å². The summed E-state index contributed by atoms with van der Waals surface area (Å²) in [5, 5.41) is 3.96. The van der Waals surface area contributed by atoms with E-state index in [4.69, 9.17) is 9.97 Å². The second-order valence-corrected chi connectivity index (χ2v) is 9.22. The van der Waals surface area contributed by atoms with Gasteiger partial charge in [-0.25, -0.2) is 4.98 Å². The average Bonchev–Trinajstić information content (AvgIpc) is 3.42. The lowest BCUT2D eigenvalue weighted by molar-refractivity contribution is 0.0944. The number of pyridine rings is 1. The molecule has 1 aliphatic rings. The molecule has 0 saturated carbocycles. The van der Waals surface area contributed by atoms with E-state index in [1.807, 2.05) is 50.2 Å². The molecular formula is C27H31N5O. The molecule has 2 aromatic heterocycles. The van der Waals surface area contributed by atoms with Crippen molar-refractivity contribution in [2.24, 2.45) is 0 Å². The van der Waals surface area contributed by atoms with Gasteiger partial charge in [-0.3, -0.25) is 14.7 Å². The van der Waals surface area contributed by atoms with Crippen LogP contribution < -0.4 is 5.32 Å². The molecule has 0 spiro atoms. The van der Waals surface area contributed by atoms with Crippen LogP contribution in [0.3, 0.4) is 0 Å². The van der Waals surface area contributed by atoms with E-state index >= 15 is 0 Å². The van der Waals surface area contributed by atoms with E-state index in [1.54, 1.807) is 0 Å². The molecule has 1 saturated heterocycles. The normalized spacial score (nSPS) is 16.8. The van der Waals surface area contributed by atoms with E-state index in [0.29, 0.717) is 5.92 Å². The quantitative estimate of drug-likeness (QED) is 0.470. The van der Waals surface area contributed by atoms with Crippen molar-refractivity contribution in [2.75, 3.05) is 13.1 Å². The Hall–Kier alpha value is -3.25. The Kier molecular flexibility index (Phi) is 5.85. The Labute approximate surface area is 194 Å². The maximum absolute atomic E-state index is 12.9. The smallest absolute Gasteiger partial charge is 0.252 e. The molecule has 1 fully saturated rings. The second kappa shape index (κ2) is 8.94. The van der Waals surface area contributed by atoms with Crippen molar-refractivity contribution < 1.29 is 4.79 Å². The van der Waals surface area contributed by atoms with Gasteiger partial charge >= 0.3 is 0 Å². The summed E-state index contributed by atoms with van der Waals surface area (Å²) in [6.07, 6.45) is 1.03. The SMILES string of the molecule is CCn1c(CN2CC[C@@H](c3cc(C(=O)NC(C)C)c4ccccc4n3)C2)nc2ccccc21. The molecule has 170 valence electrons. The number of hydrogen-bond acceptors (Lipinski definition) is 4. The highest BCUT2D eigenvalue weighted by molar-refractivity contribution is 6.06. The number of nitrogens with zero attached hydrogens (tertiary/aromatic N) is 4. The first-order valence-corrected chi connectivity index (χ1v) is 11.9. The van der Waals surface area contributed by atoms with Crippen molar-refractivity contribution in [2.45, 2.75) is 52.2 Å². The van der Waals surface area contributed by atoms with E-state index in [1.165, 1.54) is 5.52 Å². The molecule has 0 aliphatic carbocycles. The molecule has 2 aromatic carbocycles. The van der Waals surface area contributed by atoms with Crippen LogP contribution in [0, 0.1) is 0 Å². The monoisotopic (exact) mass is 441 g/mol. The largest absolute Gasteiger partial charge is 0.350 e. The standard InChI is InChI=1S/C27H31N5O/c1-4-32-25-12-8-7-11-23(25)30-26(32)17-31-14-13-19(16-31)24-15-21(27(33)28-18(2)3)20-9-5-6-10-22(20)29-24/h5-12,15,18-19H,4,13-14,16-17H2,1-3H3,(H,28,33)/t19-/m1/s1. The van der Waals surface area contributed by atoms with Crippen LogP contribution in [0.2, 0.25) is 0 Å². The van der Waals surface area contributed by atoms with Gasteiger partial charge in [0.1, 0.15) is 5.82 Å². The fourth-order valence-corrected chi connectivity index (χ4v) is 4.95. The third-order valence-electron chi connectivity index (χ3n) is 6.51. The predicted molar refractivity (Wildman–Crippen MR) is 132 cm³/mol. The number of rotatable bonds is 6. The van der Waals surface area contributed by atoms with Crippen LogP contribution in [-0.2, 0) is 13.1 Å². The Bertz CT molecular complexity index is 1310. The molecule has 4 aromatic rings. The fourth-order valence-electron chi connectivity index (χ4n) is 4.95. The van der Waals surface area contributed by atoms with Crippen LogP contribution in [0.4, 0.5) is 0 Å². The molecular weight excluding hydrogens is 410 g/mol. The molecule has 1 aliphatic heterocycles. The highest BCUT2D eigenvalue weighted by Gasteiger charge is 2.27. The van der Waals surface area contributed by atoms with Crippen LogP contribution >= 0.6 is 0 Å². The summed E-state index contributed by atoms with van der Waals surface area (Å²) in [4.78, 5) is 25.3. The lowest BCUT2D eigenvalue weighted by Gasteiger charge is -2.17. The number of benzene rings is 2. The number of aryl methyl sites for hydroxylation is 1. The van der Waals surface area contributed by atoms with Crippen LogP contribution in [0.1, 0.15) is 55.0 Å². The molecule has 5 rings (SSSR count). The lowest BCUT2D eigenvalue weighted by atomic mass is 9.99. The maximum atomic E-state index is 12.9. The van der Waals surface area contributed by atoms with Crippen molar-refractivity contribution in [3.8, 4) is 0 Å². The average molecular weight is 442 g/mol. The molecule has 0 radical (unpaired) electrons. The Balaban J connectivity index is 1.40. The summed E-state index contributed by atoms with van der Waals surface area (Å²) in [6.45, 7) is 9.80. The molecule has 1 amide bonds. The number of carbonyl (C=O) groups is 1. The van der Waals surface area contributed by atoms with E-state index in [-0.39, 0.29) is 11.9 Å². The van der Waals surface area contributed by atoms with E-state index in [0.717, 1.165) is 66.1 Å². The molecule has 6 heteroatoms. The second-order valence-electron chi connectivity index (χ2n) is 9.22. The van der Waals surface area contributed by atoms with Gasteiger partial charge in [0.15, 0.2) is 0 Å². The number of hydrogen-bond donors (Lipinski definition) is 1.